The predicted molar refractivity (Wildman–Crippen MR) is 72.1 cm³/mol. The number of methoxy groups -OCH3 is 1. The van der Waals surface area contributed by atoms with Crippen molar-refractivity contribution >= 4 is 11.0 Å². The van der Waals surface area contributed by atoms with Gasteiger partial charge in [0.15, 0.2) is 0 Å². The van der Waals surface area contributed by atoms with Crippen molar-refractivity contribution < 1.29 is 9.15 Å². The minimum atomic E-state index is -0.448. The Balaban J connectivity index is 2.50. The molecule has 0 saturated heterocycles. The molecule has 2 aromatic rings. The molecule has 1 atom stereocenters. The van der Waals surface area contributed by atoms with Gasteiger partial charge in [-0.05, 0) is 32.4 Å². The summed E-state index contributed by atoms with van der Waals surface area (Å²) in [5.74, 6) is 6.42. The van der Waals surface area contributed by atoms with Crippen molar-refractivity contribution in [2.75, 3.05) is 7.11 Å². The van der Waals surface area contributed by atoms with Crippen molar-refractivity contribution in [1.82, 2.24) is 5.43 Å². The molecule has 1 aromatic carbocycles. The molecule has 0 radical (unpaired) electrons. The van der Waals surface area contributed by atoms with Crippen LogP contribution in [0.1, 0.15) is 31.2 Å². The molecule has 18 heavy (non-hydrogen) atoms. The Morgan fingerprint density at radius 2 is 2.11 bits per heavy atom. The zero-order valence-corrected chi connectivity index (χ0v) is 11.3. The molecule has 98 valence electrons. The summed E-state index contributed by atoms with van der Waals surface area (Å²) in [7, 11) is 1.66. The van der Waals surface area contributed by atoms with Gasteiger partial charge in [-0.3, -0.25) is 5.84 Å². The fraction of sp³-hybridized carbons (Fsp3) is 0.429. The molecule has 4 nitrogen and oxygen atoms in total. The van der Waals surface area contributed by atoms with Crippen LogP contribution in [0.2, 0.25) is 0 Å². The highest BCUT2D eigenvalue weighted by atomic mass is 16.5. The lowest BCUT2D eigenvalue weighted by Crippen LogP contribution is -2.43. The van der Waals surface area contributed by atoms with Crippen LogP contribution >= 0.6 is 0 Å². The standard InChI is InChI=1S/C14H20N2O2/c1-9-6-5-7-10-8-11(18-12(9)10)13(16-15)14(2,3)17-4/h5-8,13,16H,15H2,1-4H3. The van der Waals surface area contributed by atoms with Crippen LogP contribution in [0.15, 0.2) is 28.7 Å². The first kappa shape index (κ1) is 13.1. The van der Waals surface area contributed by atoms with E-state index in [1.165, 1.54) is 0 Å². The first-order valence-electron chi connectivity index (χ1n) is 6.00. The van der Waals surface area contributed by atoms with E-state index >= 15 is 0 Å². The first-order valence-corrected chi connectivity index (χ1v) is 6.00. The summed E-state index contributed by atoms with van der Waals surface area (Å²) in [6.07, 6.45) is 0. The average molecular weight is 248 g/mol. The molecule has 0 fully saturated rings. The Bertz CT molecular complexity index is 546. The van der Waals surface area contributed by atoms with Gasteiger partial charge in [-0.1, -0.05) is 18.2 Å². The second kappa shape index (κ2) is 4.72. The molecular weight excluding hydrogens is 228 g/mol. The molecule has 0 bridgehead atoms. The number of nitrogens with one attached hydrogen (secondary N) is 1. The Morgan fingerprint density at radius 1 is 1.39 bits per heavy atom. The summed E-state index contributed by atoms with van der Waals surface area (Å²) in [6.45, 7) is 5.97. The van der Waals surface area contributed by atoms with E-state index in [1.807, 2.05) is 45.0 Å². The lowest BCUT2D eigenvalue weighted by molar-refractivity contribution is -0.0165. The number of nitrogens with two attached hydrogens (primary N) is 1. The Hall–Kier alpha value is -1.36. The SMILES string of the molecule is COC(C)(C)C(NN)c1cc2cccc(C)c2o1. The quantitative estimate of drug-likeness (QED) is 0.645. The lowest BCUT2D eigenvalue weighted by Gasteiger charge is -2.30. The number of para-hydroxylation sites is 1. The van der Waals surface area contributed by atoms with Crippen LogP contribution in [-0.4, -0.2) is 12.7 Å². The highest BCUT2D eigenvalue weighted by Gasteiger charge is 2.32. The average Bonchev–Trinajstić information content (AvgIpc) is 2.74. The maximum absolute atomic E-state index is 5.92. The van der Waals surface area contributed by atoms with E-state index in [9.17, 15) is 0 Å². The Labute approximate surface area is 107 Å². The third-order valence-corrected chi connectivity index (χ3v) is 3.43. The number of hydrogen-bond donors (Lipinski definition) is 2. The van der Waals surface area contributed by atoms with Gasteiger partial charge in [0.2, 0.25) is 0 Å². The Morgan fingerprint density at radius 3 is 2.67 bits per heavy atom. The van der Waals surface area contributed by atoms with Crippen molar-refractivity contribution in [3.8, 4) is 0 Å². The van der Waals surface area contributed by atoms with E-state index in [1.54, 1.807) is 7.11 Å². The summed E-state index contributed by atoms with van der Waals surface area (Å²) in [4.78, 5) is 0. The van der Waals surface area contributed by atoms with Crippen molar-refractivity contribution in [2.24, 2.45) is 5.84 Å². The molecule has 1 aromatic heterocycles. The minimum absolute atomic E-state index is 0.200. The van der Waals surface area contributed by atoms with E-state index in [2.05, 4.69) is 5.43 Å². The van der Waals surface area contributed by atoms with E-state index in [0.29, 0.717) is 0 Å². The molecule has 1 unspecified atom stereocenters. The van der Waals surface area contributed by atoms with Gasteiger partial charge in [0.1, 0.15) is 17.4 Å². The summed E-state index contributed by atoms with van der Waals surface area (Å²) in [5, 5.41) is 1.08. The van der Waals surface area contributed by atoms with Gasteiger partial charge in [0.25, 0.3) is 0 Å². The van der Waals surface area contributed by atoms with Crippen LogP contribution in [0.4, 0.5) is 0 Å². The van der Waals surface area contributed by atoms with E-state index in [4.69, 9.17) is 15.0 Å². The Kier molecular flexibility index (Phi) is 3.43. The number of fused-ring (bicyclic) bond motifs is 1. The van der Waals surface area contributed by atoms with Crippen LogP contribution in [0, 0.1) is 6.92 Å². The number of furan rings is 1. The molecule has 4 heteroatoms. The predicted octanol–water partition coefficient (Wildman–Crippen LogP) is 2.67. The van der Waals surface area contributed by atoms with E-state index < -0.39 is 5.60 Å². The van der Waals surface area contributed by atoms with E-state index in [-0.39, 0.29) is 6.04 Å². The molecule has 0 spiro atoms. The number of benzene rings is 1. The number of ether oxygens (including phenoxy) is 1. The van der Waals surface area contributed by atoms with Gasteiger partial charge in [0, 0.05) is 12.5 Å². The van der Waals surface area contributed by atoms with Crippen molar-refractivity contribution in [3.63, 3.8) is 0 Å². The summed E-state index contributed by atoms with van der Waals surface area (Å²) in [5.41, 5.74) is 4.34. The highest BCUT2D eigenvalue weighted by Crippen LogP contribution is 2.32. The van der Waals surface area contributed by atoms with Gasteiger partial charge in [-0.2, -0.15) is 0 Å². The van der Waals surface area contributed by atoms with Crippen molar-refractivity contribution in [2.45, 2.75) is 32.4 Å². The van der Waals surface area contributed by atoms with Crippen LogP contribution < -0.4 is 11.3 Å². The third-order valence-electron chi connectivity index (χ3n) is 3.43. The number of aryl methyl sites for hydroxylation is 1. The molecule has 0 aliphatic heterocycles. The minimum Gasteiger partial charge on any atom is -0.459 e. The second-order valence-corrected chi connectivity index (χ2v) is 5.05. The molecule has 3 N–H and O–H groups in total. The van der Waals surface area contributed by atoms with Gasteiger partial charge in [0.05, 0.1) is 5.60 Å². The van der Waals surface area contributed by atoms with Crippen LogP contribution in [0.25, 0.3) is 11.0 Å². The first-order chi connectivity index (χ1) is 8.49. The zero-order chi connectivity index (χ0) is 13.3. The smallest absolute Gasteiger partial charge is 0.137 e. The molecular formula is C14H20N2O2. The molecule has 0 aliphatic carbocycles. The number of rotatable bonds is 4. The maximum Gasteiger partial charge on any atom is 0.137 e. The molecule has 0 amide bonds. The maximum atomic E-state index is 5.92. The number of hydrazine groups is 1. The van der Waals surface area contributed by atoms with Crippen LogP contribution in [0.5, 0.6) is 0 Å². The van der Waals surface area contributed by atoms with Gasteiger partial charge in [-0.25, -0.2) is 5.43 Å². The van der Waals surface area contributed by atoms with Gasteiger partial charge >= 0.3 is 0 Å². The highest BCUT2D eigenvalue weighted by molar-refractivity contribution is 5.81. The molecule has 0 aliphatic rings. The lowest BCUT2D eigenvalue weighted by atomic mass is 9.97. The third kappa shape index (κ3) is 2.14. The fourth-order valence-corrected chi connectivity index (χ4v) is 2.11. The topological polar surface area (TPSA) is 60.4 Å². The van der Waals surface area contributed by atoms with Crippen LogP contribution in [-0.2, 0) is 4.74 Å². The summed E-state index contributed by atoms with van der Waals surface area (Å²) < 4.78 is 11.4. The monoisotopic (exact) mass is 248 g/mol. The van der Waals surface area contributed by atoms with Crippen LogP contribution in [0.3, 0.4) is 0 Å². The zero-order valence-electron chi connectivity index (χ0n) is 11.3. The molecule has 2 rings (SSSR count). The fourth-order valence-electron chi connectivity index (χ4n) is 2.11. The molecule has 1 heterocycles. The van der Waals surface area contributed by atoms with Crippen molar-refractivity contribution in [1.29, 1.82) is 0 Å². The van der Waals surface area contributed by atoms with Gasteiger partial charge < -0.3 is 9.15 Å². The largest absolute Gasteiger partial charge is 0.459 e. The van der Waals surface area contributed by atoms with E-state index in [0.717, 1.165) is 22.3 Å². The normalized spacial score (nSPS) is 14.1. The number of hydrogen-bond acceptors (Lipinski definition) is 4. The second-order valence-electron chi connectivity index (χ2n) is 5.05. The summed E-state index contributed by atoms with van der Waals surface area (Å²) in [6, 6.07) is 7.89. The van der Waals surface area contributed by atoms with Gasteiger partial charge in [-0.15, -0.1) is 0 Å². The molecule has 0 saturated carbocycles. The van der Waals surface area contributed by atoms with Crippen molar-refractivity contribution in [3.05, 3.63) is 35.6 Å². The summed E-state index contributed by atoms with van der Waals surface area (Å²) >= 11 is 0.